The summed E-state index contributed by atoms with van der Waals surface area (Å²) in [6, 6.07) is 9.88. The molecule has 0 spiro atoms. The van der Waals surface area contributed by atoms with Crippen LogP contribution in [0.4, 0.5) is 5.13 Å². The summed E-state index contributed by atoms with van der Waals surface area (Å²) in [6.07, 6.45) is 0. The van der Waals surface area contributed by atoms with Gasteiger partial charge in [0.1, 0.15) is 0 Å². The summed E-state index contributed by atoms with van der Waals surface area (Å²) >= 11 is 1.62. The van der Waals surface area contributed by atoms with Gasteiger partial charge in [-0.1, -0.05) is 29.5 Å². The van der Waals surface area contributed by atoms with Crippen molar-refractivity contribution in [3.63, 3.8) is 0 Å². The molecule has 3 aromatic rings. The van der Waals surface area contributed by atoms with E-state index in [9.17, 15) is 4.79 Å². The molecule has 0 radical (unpaired) electrons. The number of amides is 1. The highest BCUT2D eigenvalue weighted by atomic mass is 32.1. The number of ether oxygens (including phenoxy) is 2. The molecule has 0 fully saturated rings. The Labute approximate surface area is 161 Å². The lowest BCUT2D eigenvalue weighted by Gasteiger charge is -2.15. The lowest BCUT2D eigenvalue weighted by atomic mass is 10.1. The van der Waals surface area contributed by atoms with E-state index < -0.39 is 0 Å². The van der Waals surface area contributed by atoms with Crippen molar-refractivity contribution < 1.29 is 14.3 Å². The van der Waals surface area contributed by atoms with Crippen molar-refractivity contribution in [2.75, 3.05) is 25.3 Å². The van der Waals surface area contributed by atoms with Crippen LogP contribution in [0.1, 0.15) is 16.7 Å². The zero-order chi connectivity index (χ0) is 19.0. The van der Waals surface area contributed by atoms with Crippen LogP contribution in [0.25, 0.3) is 10.2 Å². The molecule has 2 heterocycles. The second-order valence-corrected chi connectivity index (χ2v) is 7.67. The maximum Gasteiger partial charge on any atom is 0.239 e. The summed E-state index contributed by atoms with van der Waals surface area (Å²) in [6.45, 7) is 5.09. The van der Waals surface area contributed by atoms with E-state index in [1.807, 2.05) is 30.1 Å². The van der Waals surface area contributed by atoms with E-state index in [1.54, 1.807) is 11.3 Å². The smallest absolute Gasteiger partial charge is 0.239 e. The van der Waals surface area contributed by atoms with Gasteiger partial charge in [-0.15, -0.1) is 0 Å². The second-order valence-electron chi connectivity index (χ2n) is 6.69. The fraction of sp³-hybridized carbons (Fsp3) is 0.300. The third-order valence-corrected chi connectivity index (χ3v) is 5.87. The first-order valence-corrected chi connectivity index (χ1v) is 9.56. The van der Waals surface area contributed by atoms with Gasteiger partial charge in [0.05, 0.1) is 16.8 Å². The molecule has 6 nitrogen and oxygen atoms in total. The quantitative estimate of drug-likeness (QED) is 0.732. The van der Waals surface area contributed by atoms with Gasteiger partial charge in [-0.2, -0.15) is 0 Å². The largest absolute Gasteiger partial charge is 0.454 e. The number of thiazole rings is 1. The first-order valence-electron chi connectivity index (χ1n) is 8.74. The molecular formula is C20H21N3O3S. The van der Waals surface area contributed by atoms with Crippen molar-refractivity contribution >= 4 is 32.6 Å². The highest BCUT2D eigenvalue weighted by molar-refractivity contribution is 7.22. The number of aryl methyl sites for hydroxylation is 2. The van der Waals surface area contributed by atoms with Gasteiger partial charge in [0.2, 0.25) is 12.7 Å². The average Bonchev–Trinajstić information content (AvgIpc) is 3.30. The minimum atomic E-state index is -0.0529. The van der Waals surface area contributed by atoms with Crippen LogP contribution in [0, 0.1) is 13.8 Å². The SMILES string of the molecule is Cc1ccc(C)c2sc(N(C)CC(=O)NCc3ccc4c(c3)OCO4)nc12. The number of hydrogen-bond donors (Lipinski definition) is 1. The summed E-state index contributed by atoms with van der Waals surface area (Å²) in [5.74, 6) is 1.41. The Bertz CT molecular complexity index is 976. The molecule has 1 aliphatic rings. The summed E-state index contributed by atoms with van der Waals surface area (Å²) < 4.78 is 11.8. The van der Waals surface area contributed by atoms with Gasteiger partial charge in [-0.25, -0.2) is 4.98 Å². The maximum absolute atomic E-state index is 12.4. The lowest BCUT2D eigenvalue weighted by molar-refractivity contribution is -0.119. The number of nitrogens with zero attached hydrogens (tertiary/aromatic N) is 2. The van der Waals surface area contributed by atoms with Gasteiger partial charge < -0.3 is 19.7 Å². The van der Waals surface area contributed by atoms with Gasteiger partial charge in [0, 0.05) is 13.6 Å². The number of carbonyl (C=O) groups excluding carboxylic acids is 1. The van der Waals surface area contributed by atoms with E-state index in [2.05, 4.69) is 31.3 Å². The minimum absolute atomic E-state index is 0.0529. The maximum atomic E-state index is 12.4. The van der Waals surface area contributed by atoms with Gasteiger partial charge in [0.15, 0.2) is 16.6 Å². The van der Waals surface area contributed by atoms with Gasteiger partial charge in [0.25, 0.3) is 0 Å². The molecule has 1 amide bonds. The monoisotopic (exact) mass is 383 g/mol. The molecule has 0 aliphatic carbocycles. The molecular weight excluding hydrogens is 362 g/mol. The Kier molecular flexibility index (Phi) is 4.61. The summed E-state index contributed by atoms with van der Waals surface area (Å²) in [5.41, 5.74) is 4.35. The predicted molar refractivity (Wildman–Crippen MR) is 107 cm³/mol. The van der Waals surface area contributed by atoms with Crippen LogP contribution in [0.5, 0.6) is 11.5 Å². The fourth-order valence-corrected chi connectivity index (χ4v) is 4.07. The third kappa shape index (κ3) is 3.55. The molecule has 1 N–H and O–H groups in total. The first kappa shape index (κ1) is 17.6. The van der Waals surface area contributed by atoms with E-state index in [0.717, 1.165) is 33.3 Å². The van der Waals surface area contributed by atoms with Crippen LogP contribution in [0.3, 0.4) is 0 Å². The van der Waals surface area contributed by atoms with Crippen molar-refractivity contribution in [1.29, 1.82) is 0 Å². The Morgan fingerprint density at radius 3 is 2.78 bits per heavy atom. The number of carbonyl (C=O) groups is 1. The van der Waals surface area contributed by atoms with Gasteiger partial charge >= 0.3 is 0 Å². The molecule has 0 saturated heterocycles. The molecule has 1 aliphatic heterocycles. The lowest BCUT2D eigenvalue weighted by Crippen LogP contribution is -2.34. The van der Waals surface area contributed by atoms with E-state index in [-0.39, 0.29) is 19.2 Å². The molecule has 0 saturated carbocycles. The topological polar surface area (TPSA) is 63.7 Å². The summed E-state index contributed by atoms with van der Waals surface area (Å²) in [4.78, 5) is 19.0. The van der Waals surface area contributed by atoms with Gasteiger partial charge in [-0.05, 0) is 42.7 Å². The molecule has 2 aromatic carbocycles. The van der Waals surface area contributed by atoms with Gasteiger partial charge in [-0.3, -0.25) is 4.79 Å². The van der Waals surface area contributed by atoms with Crippen molar-refractivity contribution in [3.8, 4) is 11.5 Å². The molecule has 0 atom stereocenters. The number of anilines is 1. The fourth-order valence-electron chi connectivity index (χ4n) is 3.00. The molecule has 7 heteroatoms. The second kappa shape index (κ2) is 7.08. The highest BCUT2D eigenvalue weighted by Gasteiger charge is 2.16. The standard InChI is InChI=1S/C20H21N3O3S/c1-12-4-5-13(2)19-18(12)22-20(27-19)23(3)10-17(24)21-9-14-6-7-15-16(8-14)26-11-25-15/h4-8H,9-11H2,1-3H3,(H,21,24). The zero-order valence-electron chi connectivity index (χ0n) is 15.5. The molecule has 4 rings (SSSR count). The Morgan fingerprint density at radius 2 is 1.96 bits per heavy atom. The van der Waals surface area contributed by atoms with Crippen molar-refractivity contribution in [2.24, 2.45) is 0 Å². The number of benzene rings is 2. The predicted octanol–water partition coefficient (Wildman–Crippen LogP) is 3.39. The van der Waals surface area contributed by atoms with Crippen molar-refractivity contribution in [1.82, 2.24) is 10.3 Å². The van der Waals surface area contributed by atoms with Crippen LogP contribution in [0.2, 0.25) is 0 Å². The molecule has 140 valence electrons. The first-order chi connectivity index (χ1) is 13.0. The van der Waals surface area contributed by atoms with Crippen LogP contribution in [-0.2, 0) is 11.3 Å². The van der Waals surface area contributed by atoms with Crippen LogP contribution >= 0.6 is 11.3 Å². The number of fused-ring (bicyclic) bond motifs is 2. The van der Waals surface area contributed by atoms with Crippen LogP contribution in [-0.4, -0.2) is 31.3 Å². The average molecular weight is 383 g/mol. The number of aromatic nitrogens is 1. The highest BCUT2D eigenvalue weighted by Crippen LogP contribution is 2.33. The zero-order valence-corrected chi connectivity index (χ0v) is 16.4. The van der Waals surface area contributed by atoms with E-state index in [4.69, 9.17) is 14.5 Å². The molecule has 0 unspecified atom stereocenters. The Balaban J connectivity index is 1.39. The molecule has 0 bridgehead atoms. The third-order valence-electron chi connectivity index (χ3n) is 4.56. The molecule has 27 heavy (non-hydrogen) atoms. The van der Waals surface area contributed by atoms with E-state index in [0.29, 0.717) is 6.54 Å². The summed E-state index contributed by atoms with van der Waals surface area (Å²) in [5, 5.41) is 3.80. The number of likely N-dealkylation sites (N-methyl/N-ethyl adjacent to an activating group) is 1. The summed E-state index contributed by atoms with van der Waals surface area (Å²) in [7, 11) is 1.89. The normalized spacial score (nSPS) is 12.4. The Morgan fingerprint density at radius 1 is 1.19 bits per heavy atom. The van der Waals surface area contributed by atoms with E-state index in [1.165, 1.54) is 10.3 Å². The van der Waals surface area contributed by atoms with E-state index >= 15 is 0 Å². The Hall–Kier alpha value is -2.80. The van der Waals surface area contributed by atoms with Crippen LogP contribution < -0.4 is 19.7 Å². The number of hydrogen-bond acceptors (Lipinski definition) is 6. The number of rotatable bonds is 5. The minimum Gasteiger partial charge on any atom is -0.454 e. The molecule has 1 aromatic heterocycles. The van der Waals surface area contributed by atoms with Crippen molar-refractivity contribution in [2.45, 2.75) is 20.4 Å². The van der Waals surface area contributed by atoms with Crippen molar-refractivity contribution in [3.05, 3.63) is 47.0 Å². The van der Waals surface area contributed by atoms with Crippen LogP contribution in [0.15, 0.2) is 30.3 Å². The number of nitrogens with one attached hydrogen (secondary N) is 1.